The highest BCUT2D eigenvalue weighted by atomic mass is 16.5. The van der Waals surface area contributed by atoms with E-state index >= 15 is 0 Å². The van der Waals surface area contributed by atoms with Crippen LogP contribution in [0.25, 0.3) is 0 Å². The number of rotatable bonds is 3. The first kappa shape index (κ1) is 8.36. The lowest BCUT2D eigenvalue weighted by molar-refractivity contribution is 0.161. The van der Waals surface area contributed by atoms with Gasteiger partial charge in [-0.3, -0.25) is 0 Å². The lowest BCUT2D eigenvalue weighted by Gasteiger charge is -2.09. The van der Waals surface area contributed by atoms with Crippen molar-refractivity contribution in [3.63, 3.8) is 0 Å². The number of aryl methyl sites for hydroxylation is 1. The van der Waals surface area contributed by atoms with Gasteiger partial charge >= 0.3 is 0 Å². The molecule has 1 heterocycles. The lowest BCUT2D eigenvalue weighted by atomic mass is 10.1. The van der Waals surface area contributed by atoms with Gasteiger partial charge in [-0.25, -0.2) is 0 Å². The van der Waals surface area contributed by atoms with Gasteiger partial charge in [-0.1, -0.05) is 30.3 Å². The molecule has 0 radical (unpaired) electrons. The Balaban J connectivity index is 1.80. The Kier molecular flexibility index (Phi) is 2.65. The zero-order valence-corrected chi connectivity index (χ0v) is 7.65. The molecule has 0 aliphatic carbocycles. The summed E-state index contributed by atoms with van der Waals surface area (Å²) >= 11 is 0. The SMILES string of the molecule is C1=COC(CCc2ccccc2)C1. The van der Waals surface area contributed by atoms with Gasteiger partial charge in [0.05, 0.1) is 6.26 Å². The van der Waals surface area contributed by atoms with E-state index in [2.05, 4.69) is 36.4 Å². The molecule has 1 heteroatoms. The van der Waals surface area contributed by atoms with Gasteiger partial charge in [0.15, 0.2) is 0 Å². The zero-order chi connectivity index (χ0) is 8.93. The third-order valence-electron chi connectivity index (χ3n) is 2.36. The first-order chi connectivity index (χ1) is 6.45. The second-order valence-corrected chi connectivity index (χ2v) is 3.39. The Labute approximate surface area is 79.0 Å². The lowest BCUT2D eigenvalue weighted by Crippen LogP contribution is -2.05. The summed E-state index contributed by atoms with van der Waals surface area (Å²) in [4.78, 5) is 0. The number of hydrogen-bond donors (Lipinski definition) is 0. The Morgan fingerprint density at radius 3 is 2.77 bits per heavy atom. The summed E-state index contributed by atoms with van der Waals surface area (Å²) < 4.78 is 5.39. The molecule has 0 saturated carbocycles. The Bertz CT molecular complexity index is 268. The zero-order valence-electron chi connectivity index (χ0n) is 7.65. The first-order valence-corrected chi connectivity index (χ1v) is 4.79. The molecule has 1 nitrogen and oxygen atoms in total. The molecule has 0 saturated heterocycles. The molecular formula is C12H14O. The van der Waals surface area contributed by atoms with E-state index in [-0.39, 0.29) is 0 Å². The van der Waals surface area contributed by atoms with Crippen molar-refractivity contribution < 1.29 is 4.74 Å². The van der Waals surface area contributed by atoms with E-state index in [0.29, 0.717) is 6.10 Å². The number of benzene rings is 1. The molecule has 1 aliphatic rings. The highest BCUT2D eigenvalue weighted by molar-refractivity contribution is 5.14. The van der Waals surface area contributed by atoms with Crippen molar-refractivity contribution >= 4 is 0 Å². The van der Waals surface area contributed by atoms with Gasteiger partial charge in [-0.2, -0.15) is 0 Å². The molecule has 1 unspecified atom stereocenters. The summed E-state index contributed by atoms with van der Waals surface area (Å²) in [5.41, 5.74) is 1.40. The fraction of sp³-hybridized carbons (Fsp3) is 0.333. The van der Waals surface area contributed by atoms with Crippen LogP contribution in [0.4, 0.5) is 0 Å². The van der Waals surface area contributed by atoms with E-state index in [1.54, 1.807) is 0 Å². The van der Waals surface area contributed by atoms with Gasteiger partial charge in [-0.05, 0) is 24.5 Å². The second-order valence-electron chi connectivity index (χ2n) is 3.39. The average molecular weight is 174 g/mol. The second kappa shape index (κ2) is 4.13. The van der Waals surface area contributed by atoms with Gasteiger partial charge in [0.1, 0.15) is 6.10 Å². The number of hydrogen-bond acceptors (Lipinski definition) is 1. The van der Waals surface area contributed by atoms with Crippen LogP contribution in [0.1, 0.15) is 18.4 Å². The number of ether oxygens (including phenoxy) is 1. The van der Waals surface area contributed by atoms with E-state index in [9.17, 15) is 0 Å². The Hall–Kier alpha value is -1.24. The Morgan fingerprint density at radius 2 is 2.08 bits per heavy atom. The normalized spacial score (nSPS) is 20.2. The third-order valence-corrected chi connectivity index (χ3v) is 2.36. The van der Waals surface area contributed by atoms with Crippen LogP contribution in [0.5, 0.6) is 0 Å². The predicted molar refractivity (Wildman–Crippen MR) is 53.4 cm³/mol. The minimum atomic E-state index is 0.417. The molecule has 1 atom stereocenters. The molecule has 2 rings (SSSR count). The van der Waals surface area contributed by atoms with Crippen molar-refractivity contribution in [2.45, 2.75) is 25.4 Å². The molecule has 0 fully saturated rings. The van der Waals surface area contributed by atoms with Crippen LogP contribution in [-0.2, 0) is 11.2 Å². The average Bonchev–Trinajstić information content (AvgIpc) is 2.69. The van der Waals surface area contributed by atoms with Crippen molar-refractivity contribution in [2.24, 2.45) is 0 Å². The van der Waals surface area contributed by atoms with Crippen LogP contribution in [-0.4, -0.2) is 6.10 Å². The summed E-state index contributed by atoms with van der Waals surface area (Å²) in [6, 6.07) is 10.6. The summed E-state index contributed by atoms with van der Waals surface area (Å²) in [6.45, 7) is 0. The van der Waals surface area contributed by atoms with E-state index in [1.165, 1.54) is 5.56 Å². The van der Waals surface area contributed by atoms with Gasteiger partial charge in [-0.15, -0.1) is 0 Å². The molecule has 0 aromatic heterocycles. The molecular weight excluding hydrogens is 160 g/mol. The maximum Gasteiger partial charge on any atom is 0.102 e. The topological polar surface area (TPSA) is 9.23 Å². The summed E-state index contributed by atoms with van der Waals surface area (Å²) in [5, 5.41) is 0. The summed E-state index contributed by atoms with van der Waals surface area (Å²) in [7, 11) is 0. The van der Waals surface area contributed by atoms with Crippen molar-refractivity contribution in [2.75, 3.05) is 0 Å². The van der Waals surface area contributed by atoms with E-state index < -0.39 is 0 Å². The van der Waals surface area contributed by atoms with Crippen molar-refractivity contribution in [1.29, 1.82) is 0 Å². The quantitative estimate of drug-likeness (QED) is 0.684. The van der Waals surface area contributed by atoms with Crippen LogP contribution in [0.3, 0.4) is 0 Å². The monoisotopic (exact) mass is 174 g/mol. The third kappa shape index (κ3) is 2.35. The van der Waals surface area contributed by atoms with Crippen LogP contribution >= 0.6 is 0 Å². The molecule has 1 aromatic carbocycles. The minimum Gasteiger partial charge on any atom is -0.498 e. The van der Waals surface area contributed by atoms with Gasteiger partial charge in [0.2, 0.25) is 0 Å². The molecule has 0 spiro atoms. The van der Waals surface area contributed by atoms with Gasteiger partial charge < -0.3 is 4.74 Å². The maximum atomic E-state index is 5.39. The molecule has 13 heavy (non-hydrogen) atoms. The highest BCUT2D eigenvalue weighted by Gasteiger charge is 2.10. The Morgan fingerprint density at radius 1 is 1.23 bits per heavy atom. The smallest absolute Gasteiger partial charge is 0.102 e. The van der Waals surface area contributed by atoms with Crippen LogP contribution < -0.4 is 0 Å². The van der Waals surface area contributed by atoms with Gasteiger partial charge in [0, 0.05) is 6.42 Å². The molecule has 0 bridgehead atoms. The van der Waals surface area contributed by atoms with E-state index in [1.807, 2.05) is 6.26 Å². The fourth-order valence-electron chi connectivity index (χ4n) is 1.59. The van der Waals surface area contributed by atoms with Crippen LogP contribution in [0, 0.1) is 0 Å². The standard InChI is InChI=1S/C12H14O/c1-2-5-11(6-3-1)8-9-12-7-4-10-13-12/h1-6,10,12H,7-9H2. The summed E-state index contributed by atoms with van der Waals surface area (Å²) in [6.07, 6.45) is 7.64. The maximum absolute atomic E-state index is 5.39. The molecule has 0 N–H and O–H groups in total. The van der Waals surface area contributed by atoms with Gasteiger partial charge in [0.25, 0.3) is 0 Å². The van der Waals surface area contributed by atoms with E-state index in [0.717, 1.165) is 19.3 Å². The minimum absolute atomic E-state index is 0.417. The fourth-order valence-corrected chi connectivity index (χ4v) is 1.59. The predicted octanol–water partition coefficient (Wildman–Crippen LogP) is 2.92. The van der Waals surface area contributed by atoms with Crippen molar-refractivity contribution in [3.8, 4) is 0 Å². The first-order valence-electron chi connectivity index (χ1n) is 4.79. The van der Waals surface area contributed by atoms with E-state index in [4.69, 9.17) is 4.74 Å². The molecule has 0 amide bonds. The molecule has 1 aliphatic heterocycles. The molecule has 1 aromatic rings. The largest absolute Gasteiger partial charge is 0.498 e. The molecule has 68 valence electrons. The highest BCUT2D eigenvalue weighted by Crippen LogP contribution is 2.15. The van der Waals surface area contributed by atoms with Crippen LogP contribution in [0.2, 0.25) is 0 Å². The summed E-state index contributed by atoms with van der Waals surface area (Å²) in [5.74, 6) is 0. The van der Waals surface area contributed by atoms with Crippen molar-refractivity contribution in [1.82, 2.24) is 0 Å². The van der Waals surface area contributed by atoms with Crippen LogP contribution in [0.15, 0.2) is 42.7 Å². The van der Waals surface area contributed by atoms with Crippen molar-refractivity contribution in [3.05, 3.63) is 48.2 Å².